The Morgan fingerprint density at radius 1 is 0.649 bits per heavy atom. The van der Waals surface area contributed by atoms with Crippen molar-refractivity contribution in [2.75, 3.05) is 9.80 Å². The van der Waals surface area contributed by atoms with Crippen molar-refractivity contribution in [3.63, 3.8) is 0 Å². The van der Waals surface area contributed by atoms with Crippen LogP contribution in [0.4, 0.5) is 22.7 Å². The van der Waals surface area contributed by atoms with E-state index in [0.29, 0.717) is 0 Å². The summed E-state index contributed by atoms with van der Waals surface area (Å²) in [5, 5.41) is 2.36. The van der Waals surface area contributed by atoms with Crippen LogP contribution in [0.15, 0.2) is 189 Å². The molecule has 0 saturated carbocycles. The number of benzene rings is 6. The number of rotatable bonds is 11. The number of nitrogens with zero attached hydrogens (tertiary/aromatic N) is 2. The molecule has 0 atom stereocenters. The van der Waals surface area contributed by atoms with E-state index in [-0.39, 0.29) is 5.41 Å². The van der Waals surface area contributed by atoms with Crippen LogP contribution >= 0.6 is 0 Å². The Morgan fingerprint density at radius 3 is 2.07 bits per heavy atom. The second kappa shape index (κ2) is 15.1. The van der Waals surface area contributed by atoms with E-state index in [4.69, 9.17) is 0 Å². The minimum Gasteiger partial charge on any atom is -0.311 e. The number of aryl methyl sites for hydroxylation is 1. The maximum absolute atomic E-state index is 4.41. The van der Waals surface area contributed by atoms with E-state index in [2.05, 4.69) is 191 Å². The predicted octanol–water partition coefficient (Wildman–Crippen LogP) is 15.4. The van der Waals surface area contributed by atoms with E-state index < -0.39 is 0 Å². The zero-order valence-corrected chi connectivity index (χ0v) is 33.6. The summed E-state index contributed by atoms with van der Waals surface area (Å²) in [6.07, 6.45) is 14.1. The largest absolute Gasteiger partial charge is 0.311 e. The lowest BCUT2D eigenvalue weighted by molar-refractivity contribution is 0.660. The molecule has 0 heterocycles. The van der Waals surface area contributed by atoms with Gasteiger partial charge in [0.05, 0.1) is 5.69 Å². The maximum Gasteiger partial charge on any atom is 0.0543 e. The van der Waals surface area contributed by atoms with Gasteiger partial charge in [-0.25, -0.2) is 0 Å². The Morgan fingerprint density at radius 2 is 1.35 bits per heavy atom. The van der Waals surface area contributed by atoms with Gasteiger partial charge in [-0.05, 0) is 142 Å². The van der Waals surface area contributed by atoms with Crippen LogP contribution in [0.2, 0.25) is 0 Å². The molecule has 0 saturated heterocycles. The Kier molecular flexibility index (Phi) is 9.90. The van der Waals surface area contributed by atoms with E-state index in [9.17, 15) is 0 Å². The van der Waals surface area contributed by atoms with Gasteiger partial charge in [-0.3, -0.25) is 0 Å². The van der Waals surface area contributed by atoms with Gasteiger partial charge in [0.25, 0.3) is 0 Å². The minimum atomic E-state index is -0.334. The molecular weight excluding hydrogens is 689 g/mol. The topological polar surface area (TPSA) is 6.48 Å². The van der Waals surface area contributed by atoms with Crippen molar-refractivity contribution in [3.8, 4) is 11.1 Å². The lowest BCUT2D eigenvalue weighted by Crippen LogP contribution is -2.22. The van der Waals surface area contributed by atoms with Crippen molar-refractivity contribution in [2.24, 2.45) is 0 Å². The minimum absolute atomic E-state index is 0.334. The summed E-state index contributed by atoms with van der Waals surface area (Å²) in [5.41, 5.74) is 18.6. The van der Waals surface area contributed by atoms with E-state index >= 15 is 0 Å². The van der Waals surface area contributed by atoms with Crippen molar-refractivity contribution in [1.82, 2.24) is 0 Å². The van der Waals surface area contributed by atoms with Crippen molar-refractivity contribution in [2.45, 2.75) is 46.0 Å². The third kappa shape index (κ3) is 6.32. The van der Waals surface area contributed by atoms with Crippen LogP contribution in [-0.2, 0) is 5.41 Å². The zero-order valence-electron chi connectivity index (χ0n) is 33.6. The third-order valence-corrected chi connectivity index (χ3v) is 12.0. The summed E-state index contributed by atoms with van der Waals surface area (Å²) in [6.45, 7) is 26.3. The maximum atomic E-state index is 4.41. The highest BCUT2D eigenvalue weighted by Crippen LogP contribution is 2.55. The molecule has 0 fully saturated rings. The first-order valence-electron chi connectivity index (χ1n) is 19.9. The van der Waals surface area contributed by atoms with Crippen molar-refractivity contribution in [1.29, 1.82) is 0 Å². The monoisotopic (exact) mass is 738 g/mol. The van der Waals surface area contributed by atoms with Gasteiger partial charge < -0.3 is 9.80 Å². The summed E-state index contributed by atoms with van der Waals surface area (Å²) in [7, 11) is 0. The first kappa shape index (κ1) is 37.3. The molecular formula is C55H50N2. The normalized spacial score (nSPS) is 14.4. The fraction of sp³-hybridized carbons (Fsp3) is 0.127. The number of anilines is 4. The quantitative estimate of drug-likeness (QED) is 0.122. The van der Waals surface area contributed by atoms with Crippen LogP contribution < -0.4 is 9.80 Å². The molecule has 2 aliphatic rings. The summed E-state index contributed by atoms with van der Waals surface area (Å²) < 4.78 is 0. The molecule has 2 heteroatoms. The third-order valence-electron chi connectivity index (χ3n) is 12.0. The first-order chi connectivity index (χ1) is 27.7. The summed E-state index contributed by atoms with van der Waals surface area (Å²) in [5.74, 6) is 0. The Labute approximate surface area is 339 Å². The van der Waals surface area contributed by atoms with Gasteiger partial charge in [-0.2, -0.15) is 0 Å². The van der Waals surface area contributed by atoms with Crippen LogP contribution in [0.3, 0.4) is 0 Å². The Hall–Kier alpha value is -6.64. The molecule has 2 nitrogen and oxygen atoms in total. The molecule has 0 bridgehead atoms. The highest BCUT2D eigenvalue weighted by Gasteiger charge is 2.39. The molecule has 6 aromatic carbocycles. The van der Waals surface area contributed by atoms with E-state index in [0.717, 1.165) is 52.4 Å². The molecule has 0 aliphatic heterocycles. The molecule has 2 aliphatic carbocycles. The number of para-hydroxylation sites is 1. The second-order valence-electron chi connectivity index (χ2n) is 15.5. The van der Waals surface area contributed by atoms with Gasteiger partial charge in [-0.1, -0.05) is 143 Å². The summed E-state index contributed by atoms with van der Waals surface area (Å²) >= 11 is 0. The average Bonchev–Trinajstić information content (AvgIpc) is 3.46. The van der Waals surface area contributed by atoms with Crippen molar-refractivity contribution >= 4 is 51.2 Å². The van der Waals surface area contributed by atoms with Crippen LogP contribution in [0.25, 0.3) is 39.6 Å². The Balaban J connectivity index is 1.32. The lowest BCUT2D eigenvalue weighted by atomic mass is 9.80. The standard InChI is InChI=1S/C55H50N2/c1-9-21-41(10-2)56(43-31-30-39-23-17-18-24-40(39)34-43)53-36-51-54(46(12-4)45(53)11-3)49-33-32-44(35-50(49)55(51,7)8)57(42-25-14-13-15-26-42)52-29-20-28-48(38(52)6)47-27-19-16-22-37(47)5/h9-19,21-27,29-36H,1-4,20,28H2,5-8H3/b41-21+. The molecule has 0 aromatic heterocycles. The molecule has 8 rings (SSSR count). The van der Waals surface area contributed by atoms with Crippen LogP contribution in [0.5, 0.6) is 0 Å². The molecule has 0 amide bonds. The highest BCUT2D eigenvalue weighted by molar-refractivity contribution is 5.97. The number of fused-ring (bicyclic) bond motifs is 4. The van der Waals surface area contributed by atoms with Gasteiger partial charge in [0.15, 0.2) is 0 Å². The van der Waals surface area contributed by atoms with Crippen molar-refractivity contribution < 1.29 is 0 Å². The molecule has 0 spiro atoms. The van der Waals surface area contributed by atoms with Gasteiger partial charge in [0, 0.05) is 39.4 Å². The molecule has 280 valence electrons. The molecule has 0 radical (unpaired) electrons. The Bertz CT molecular complexity index is 2700. The fourth-order valence-corrected chi connectivity index (χ4v) is 9.11. The molecule has 57 heavy (non-hydrogen) atoms. The number of hydrogen-bond donors (Lipinski definition) is 0. The van der Waals surface area contributed by atoms with Crippen LogP contribution in [0.1, 0.15) is 67.0 Å². The van der Waals surface area contributed by atoms with E-state index in [1.54, 1.807) is 0 Å². The average molecular weight is 739 g/mol. The van der Waals surface area contributed by atoms with Crippen molar-refractivity contribution in [3.05, 3.63) is 222 Å². The highest BCUT2D eigenvalue weighted by atomic mass is 15.2. The lowest BCUT2D eigenvalue weighted by Gasteiger charge is -2.33. The molecule has 0 N–H and O–H groups in total. The van der Waals surface area contributed by atoms with Gasteiger partial charge >= 0.3 is 0 Å². The number of hydrogen-bond acceptors (Lipinski definition) is 2. The SMILES string of the molecule is C=C/C=C(\C=C)N(c1ccc2ccccc2c1)c1cc2c(c(C=C)c1C=C)-c1ccc(N(C3=CCCC(c4ccccc4C)=C3C)c3ccccc3)cc1C2(C)C. The van der Waals surface area contributed by atoms with Gasteiger partial charge in [-0.15, -0.1) is 0 Å². The summed E-state index contributed by atoms with van der Waals surface area (Å²) in [4.78, 5) is 4.74. The smallest absolute Gasteiger partial charge is 0.0543 e. The molecule has 6 aromatic rings. The predicted molar refractivity (Wildman–Crippen MR) is 248 cm³/mol. The number of allylic oxidation sites excluding steroid dienone is 6. The van der Waals surface area contributed by atoms with Crippen LogP contribution in [-0.4, -0.2) is 0 Å². The van der Waals surface area contributed by atoms with Gasteiger partial charge in [0.1, 0.15) is 0 Å². The second-order valence-corrected chi connectivity index (χ2v) is 15.5. The van der Waals surface area contributed by atoms with E-state index in [1.807, 2.05) is 30.4 Å². The van der Waals surface area contributed by atoms with Gasteiger partial charge in [0.2, 0.25) is 0 Å². The first-order valence-corrected chi connectivity index (χ1v) is 19.9. The fourth-order valence-electron chi connectivity index (χ4n) is 9.11. The summed E-state index contributed by atoms with van der Waals surface area (Å²) in [6, 6.07) is 44.1. The zero-order chi connectivity index (χ0) is 39.8. The molecule has 0 unspecified atom stereocenters. The van der Waals surface area contributed by atoms with E-state index in [1.165, 1.54) is 61.0 Å². The van der Waals surface area contributed by atoms with Crippen LogP contribution in [0, 0.1) is 6.92 Å².